The van der Waals surface area contributed by atoms with E-state index in [4.69, 9.17) is 18.9 Å². The number of carbonyl (C=O) groups excluding carboxylic acids is 3. The number of aldehydes is 1. The van der Waals surface area contributed by atoms with Crippen molar-refractivity contribution in [2.75, 3.05) is 41.5 Å². The van der Waals surface area contributed by atoms with E-state index in [2.05, 4.69) is 0 Å². The number of hydrogen-bond acceptors (Lipinski definition) is 8. The Morgan fingerprint density at radius 1 is 1.08 bits per heavy atom. The van der Waals surface area contributed by atoms with Crippen LogP contribution >= 0.6 is 0 Å². The lowest BCUT2D eigenvalue weighted by molar-refractivity contribution is -0.173. The van der Waals surface area contributed by atoms with Gasteiger partial charge in [-0.1, -0.05) is 0 Å². The van der Waals surface area contributed by atoms with Crippen molar-refractivity contribution in [2.45, 2.75) is 39.3 Å². The predicted molar refractivity (Wildman–Crippen MR) is 93.0 cm³/mol. The van der Waals surface area contributed by atoms with Crippen LogP contribution in [0, 0.1) is 0 Å². The first-order valence-electron chi connectivity index (χ1n) is 7.89. The molecule has 0 aliphatic rings. The second-order valence-electron chi connectivity index (χ2n) is 5.11. The van der Waals surface area contributed by atoms with Crippen molar-refractivity contribution in [2.24, 2.45) is 0 Å². The standard InChI is InChI=1S/C9H16O4.C8H15NO3/c1-4-12-9(13-5-2)8(11)6-7(3)10;1-9(2)6-5-8(7-10,11-3)12-4/h9H,4-6H2,1-3H3;5-7H,1-4H3. The molecule has 0 rings (SSSR count). The molecule has 146 valence electrons. The molecular weight excluding hydrogens is 330 g/mol. The maximum Gasteiger partial charge on any atom is 0.247 e. The Balaban J connectivity index is 0. The normalized spacial score (nSPS) is 11.2. The van der Waals surface area contributed by atoms with Gasteiger partial charge in [-0.15, -0.1) is 0 Å². The van der Waals surface area contributed by atoms with Gasteiger partial charge in [0.05, 0.1) is 6.42 Å². The van der Waals surface area contributed by atoms with Crippen LogP contribution in [-0.2, 0) is 33.3 Å². The third-order valence-corrected chi connectivity index (χ3v) is 2.73. The van der Waals surface area contributed by atoms with Crippen molar-refractivity contribution < 1.29 is 33.3 Å². The van der Waals surface area contributed by atoms with Gasteiger partial charge in [-0.25, -0.2) is 0 Å². The molecule has 0 saturated carbocycles. The van der Waals surface area contributed by atoms with Gasteiger partial charge < -0.3 is 23.8 Å². The maximum absolute atomic E-state index is 11.3. The number of Topliss-reactive ketones (excluding diaryl/α,β-unsaturated/α-hetero) is 2. The van der Waals surface area contributed by atoms with Gasteiger partial charge in [0.15, 0.2) is 12.1 Å². The van der Waals surface area contributed by atoms with Gasteiger partial charge >= 0.3 is 0 Å². The summed E-state index contributed by atoms with van der Waals surface area (Å²) in [5.74, 6) is -1.73. The van der Waals surface area contributed by atoms with Gasteiger partial charge in [0.2, 0.25) is 12.1 Å². The van der Waals surface area contributed by atoms with E-state index < -0.39 is 12.1 Å². The van der Waals surface area contributed by atoms with Crippen LogP contribution in [0.5, 0.6) is 0 Å². The number of nitrogens with zero attached hydrogens (tertiary/aromatic N) is 1. The molecule has 0 aromatic carbocycles. The molecule has 0 heterocycles. The SMILES string of the molecule is CCOC(OCC)C(=O)CC(C)=O.COC(C=O)(C=CN(C)C)OC. The predicted octanol–water partition coefficient (Wildman–Crippen LogP) is 1.18. The molecule has 8 heteroatoms. The molecule has 0 aliphatic carbocycles. The van der Waals surface area contributed by atoms with Crippen LogP contribution in [0.2, 0.25) is 0 Å². The smallest absolute Gasteiger partial charge is 0.247 e. The fourth-order valence-corrected chi connectivity index (χ4v) is 1.47. The fraction of sp³-hybridized carbons (Fsp3) is 0.706. The van der Waals surface area contributed by atoms with Gasteiger partial charge in [-0.3, -0.25) is 14.4 Å². The van der Waals surface area contributed by atoms with Gasteiger partial charge in [-0.2, -0.15) is 0 Å². The first-order chi connectivity index (χ1) is 11.7. The summed E-state index contributed by atoms with van der Waals surface area (Å²) in [6.07, 6.45) is 2.85. The average Bonchev–Trinajstić information content (AvgIpc) is 2.56. The molecule has 0 N–H and O–H groups in total. The topological polar surface area (TPSA) is 91.4 Å². The lowest BCUT2D eigenvalue weighted by Crippen LogP contribution is -2.33. The third kappa shape index (κ3) is 12.4. The highest BCUT2D eigenvalue weighted by Crippen LogP contribution is 2.09. The number of methoxy groups -OCH3 is 2. The molecule has 0 spiro atoms. The van der Waals surface area contributed by atoms with Crippen molar-refractivity contribution in [3.8, 4) is 0 Å². The fourth-order valence-electron chi connectivity index (χ4n) is 1.47. The van der Waals surface area contributed by atoms with Crippen LogP contribution in [0.4, 0.5) is 0 Å². The summed E-state index contributed by atoms with van der Waals surface area (Å²) >= 11 is 0. The second-order valence-corrected chi connectivity index (χ2v) is 5.11. The van der Waals surface area contributed by atoms with Crippen LogP contribution in [-0.4, -0.2) is 76.4 Å². The van der Waals surface area contributed by atoms with E-state index >= 15 is 0 Å². The Bertz CT molecular complexity index is 411. The second kappa shape index (κ2) is 14.7. The lowest BCUT2D eigenvalue weighted by Gasteiger charge is -2.20. The first-order valence-corrected chi connectivity index (χ1v) is 7.89. The molecule has 0 atom stereocenters. The molecular formula is C17H31NO7. The number of ketones is 2. The summed E-state index contributed by atoms with van der Waals surface area (Å²) in [5.41, 5.74) is 0. The largest absolute Gasteiger partial charge is 0.384 e. The Morgan fingerprint density at radius 3 is 1.84 bits per heavy atom. The summed E-state index contributed by atoms with van der Waals surface area (Å²) in [4.78, 5) is 34.3. The lowest BCUT2D eigenvalue weighted by atomic mass is 10.2. The van der Waals surface area contributed by atoms with Gasteiger partial charge in [0.25, 0.3) is 0 Å². The van der Waals surface area contributed by atoms with Crippen molar-refractivity contribution >= 4 is 17.9 Å². The molecule has 0 aromatic heterocycles. The maximum atomic E-state index is 11.3. The highest BCUT2D eigenvalue weighted by atomic mass is 16.7. The van der Waals surface area contributed by atoms with Crippen LogP contribution in [0.1, 0.15) is 27.2 Å². The molecule has 0 unspecified atom stereocenters. The highest BCUT2D eigenvalue weighted by molar-refractivity contribution is 5.99. The average molecular weight is 361 g/mol. The zero-order valence-electron chi connectivity index (χ0n) is 16.2. The zero-order valence-corrected chi connectivity index (χ0v) is 16.2. The minimum absolute atomic E-state index is 0.120. The first kappa shape index (κ1) is 25.6. The van der Waals surface area contributed by atoms with Crippen LogP contribution in [0.25, 0.3) is 0 Å². The minimum Gasteiger partial charge on any atom is -0.384 e. The van der Waals surface area contributed by atoms with Crippen molar-refractivity contribution in [1.82, 2.24) is 4.90 Å². The molecule has 8 nitrogen and oxygen atoms in total. The molecule has 0 amide bonds. The molecule has 0 bridgehead atoms. The minimum atomic E-state index is -1.25. The Hall–Kier alpha value is -1.61. The molecule has 0 fully saturated rings. The summed E-state index contributed by atoms with van der Waals surface area (Å²) < 4.78 is 19.8. The van der Waals surface area contributed by atoms with E-state index in [0.29, 0.717) is 19.5 Å². The van der Waals surface area contributed by atoms with Crippen LogP contribution in [0.3, 0.4) is 0 Å². The van der Waals surface area contributed by atoms with E-state index in [9.17, 15) is 14.4 Å². The van der Waals surface area contributed by atoms with E-state index in [1.807, 2.05) is 14.1 Å². The zero-order chi connectivity index (χ0) is 19.9. The molecule has 25 heavy (non-hydrogen) atoms. The molecule has 0 saturated heterocycles. The van der Waals surface area contributed by atoms with E-state index in [1.54, 1.807) is 31.0 Å². The monoisotopic (exact) mass is 361 g/mol. The van der Waals surface area contributed by atoms with E-state index in [0.717, 1.165) is 0 Å². The third-order valence-electron chi connectivity index (χ3n) is 2.73. The molecule has 0 aliphatic heterocycles. The Morgan fingerprint density at radius 2 is 1.56 bits per heavy atom. The Kier molecular flexibility index (Phi) is 15.1. The van der Waals surface area contributed by atoms with E-state index in [1.165, 1.54) is 21.1 Å². The van der Waals surface area contributed by atoms with Gasteiger partial charge in [0.1, 0.15) is 5.78 Å². The van der Waals surface area contributed by atoms with Crippen LogP contribution in [0.15, 0.2) is 12.3 Å². The van der Waals surface area contributed by atoms with E-state index in [-0.39, 0.29) is 18.0 Å². The number of carbonyl (C=O) groups is 3. The summed E-state index contributed by atoms with van der Waals surface area (Å²) in [5, 5.41) is 0. The van der Waals surface area contributed by atoms with Crippen molar-refractivity contribution in [3.63, 3.8) is 0 Å². The number of rotatable bonds is 12. The molecule has 0 radical (unpaired) electrons. The number of ether oxygens (including phenoxy) is 4. The highest BCUT2D eigenvalue weighted by Gasteiger charge is 2.25. The van der Waals surface area contributed by atoms with Crippen LogP contribution < -0.4 is 0 Å². The molecule has 0 aromatic rings. The summed E-state index contributed by atoms with van der Waals surface area (Å²) in [7, 11) is 6.52. The number of hydrogen-bond donors (Lipinski definition) is 0. The Labute approximate surface area is 150 Å². The van der Waals surface area contributed by atoms with Gasteiger partial charge in [-0.05, 0) is 26.8 Å². The summed E-state index contributed by atoms with van der Waals surface area (Å²) in [6, 6.07) is 0. The van der Waals surface area contributed by atoms with Gasteiger partial charge in [0, 0.05) is 47.7 Å². The van der Waals surface area contributed by atoms with Crippen molar-refractivity contribution in [1.29, 1.82) is 0 Å². The summed E-state index contributed by atoms with van der Waals surface area (Å²) in [6.45, 7) is 5.70. The quantitative estimate of drug-likeness (QED) is 0.291. The van der Waals surface area contributed by atoms with Crippen molar-refractivity contribution in [3.05, 3.63) is 12.3 Å².